The Hall–Kier alpha value is -2.92. The maximum Gasteiger partial charge on any atom is 0.315 e. The second kappa shape index (κ2) is 7.54. The zero-order valence-electron chi connectivity index (χ0n) is 14.3. The first-order valence-electron chi connectivity index (χ1n) is 7.86. The number of hydrogen-bond acceptors (Lipinski definition) is 5. The number of carbonyl (C=O) groups is 1. The Morgan fingerprint density at radius 3 is 2.31 bits per heavy atom. The van der Waals surface area contributed by atoms with Gasteiger partial charge in [-0.3, -0.25) is 4.79 Å². The highest BCUT2D eigenvalue weighted by atomic mass is 35.5. The molecule has 0 saturated heterocycles. The number of aromatic hydroxyl groups is 1. The molecule has 3 rings (SSSR count). The molecule has 3 aromatic carbocycles. The van der Waals surface area contributed by atoms with Gasteiger partial charge < -0.3 is 19.3 Å². The van der Waals surface area contributed by atoms with Gasteiger partial charge in [0.2, 0.25) is 11.5 Å². The lowest BCUT2D eigenvalue weighted by atomic mass is 10.1. The van der Waals surface area contributed by atoms with Gasteiger partial charge in [-0.15, -0.1) is 0 Å². The zero-order chi connectivity index (χ0) is 18.7. The van der Waals surface area contributed by atoms with Gasteiger partial charge in [0.25, 0.3) is 0 Å². The van der Waals surface area contributed by atoms with Crippen molar-refractivity contribution in [2.24, 2.45) is 0 Å². The largest absolute Gasteiger partial charge is 0.504 e. The molecular weight excluding hydrogens is 356 g/mol. The highest BCUT2D eigenvalue weighted by molar-refractivity contribution is 6.31. The first-order valence-corrected chi connectivity index (χ1v) is 8.23. The third kappa shape index (κ3) is 3.39. The number of esters is 1. The smallest absolute Gasteiger partial charge is 0.315 e. The summed E-state index contributed by atoms with van der Waals surface area (Å²) < 4.78 is 16.2. The van der Waals surface area contributed by atoms with E-state index in [4.69, 9.17) is 25.8 Å². The van der Waals surface area contributed by atoms with Crippen LogP contribution < -0.4 is 14.2 Å². The average Bonchev–Trinajstić information content (AvgIpc) is 2.64. The van der Waals surface area contributed by atoms with Crippen molar-refractivity contribution in [2.75, 3.05) is 14.2 Å². The normalized spacial score (nSPS) is 10.6. The molecular formula is C20H17ClO5. The summed E-state index contributed by atoms with van der Waals surface area (Å²) in [6, 6.07) is 14.1. The molecule has 3 aromatic rings. The summed E-state index contributed by atoms with van der Waals surface area (Å²) in [5, 5.41) is 11.8. The Balaban J connectivity index is 2.08. The monoisotopic (exact) mass is 372 g/mol. The van der Waals surface area contributed by atoms with Crippen molar-refractivity contribution < 1.29 is 24.1 Å². The average molecular weight is 373 g/mol. The van der Waals surface area contributed by atoms with Crippen molar-refractivity contribution in [3.63, 3.8) is 0 Å². The number of halogens is 1. The van der Waals surface area contributed by atoms with Gasteiger partial charge in [0.15, 0.2) is 11.5 Å². The predicted molar refractivity (Wildman–Crippen MR) is 99.5 cm³/mol. The van der Waals surface area contributed by atoms with Gasteiger partial charge in [0.1, 0.15) is 0 Å². The van der Waals surface area contributed by atoms with E-state index in [1.807, 2.05) is 30.3 Å². The Morgan fingerprint density at radius 2 is 1.65 bits per heavy atom. The first-order chi connectivity index (χ1) is 12.5. The Labute approximate surface area is 155 Å². The van der Waals surface area contributed by atoms with Crippen LogP contribution in [0.3, 0.4) is 0 Å². The van der Waals surface area contributed by atoms with E-state index in [0.717, 1.165) is 5.56 Å². The molecule has 0 aliphatic heterocycles. The molecule has 6 heteroatoms. The zero-order valence-corrected chi connectivity index (χ0v) is 15.0. The lowest BCUT2D eigenvalue weighted by molar-refractivity contribution is -0.133. The number of phenolic OH excluding ortho intramolecular Hbond substituents is 1. The molecule has 0 spiro atoms. The molecule has 1 N–H and O–H groups in total. The number of rotatable bonds is 5. The van der Waals surface area contributed by atoms with Crippen LogP contribution in [0.2, 0.25) is 5.02 Å². The molecule has 134 valence electrons. The van der Waals surface area contributed by atoms with E-state index in [1.165, 1.54) is 14.2 Å². The third-order valence-electron chi connectivity index (χ3n) is 3.92. The van der Waals surface area contributed by atoms with E-state index in [1.54, 1.807) is 18.2 Å². The molecule has 5 nitrogen and oxygen atoms in total. The van der Waals surface area contributed by atoms with E-state index in [2.05, 4.69) is 0 Å². The Kier molecular flexibility index (Phi) is 5.19. The molecule has 0 unspecified atom stereocenters. The standard InChI is InChI=1S/C20H17ClO5/c1-24-19-17(23)15-11-13(21)8-9-14(15)18(20(19)25-2)26-16(22)10-12-6-4-3-5-7-12/h3-9,11,23H,10H2,1-2H3. The number of carbonyl (C=O) groups excluding carboxylic acids is 1. The van der Waals surface area contributed by atoms with Crippen LogP contribution >= 0.6 is 11.6 Å². The predicted octanol–water partition coefficient (Wildman–Crippen LogP) is 4.36. The van der Waals surface area contributed by atoms with Crippen LogP contribution in [0.15, 0.2) is 48.5 Å². The molecule has 0 fully saturated rings. The van der Waals surface area contributed by atoms with Crippen molar-refractivity contribution in [2.45, 2.75) is 6.42 Å². The second-order valence-electron chi connectivity index (χ2n) is 5.57. The van der Waals surface area contributed by atoms with Crippen molar-refractivity contribution in [1.82, 2.24) is 0 Å². The van der Waals surface area contributed by atoms with E-state index < -0.39 is 5.97 Å². The van der Waals surface area contributed by atoms with Crippen molar-refractivity contribution in [3.05, 3.63) is 59.1 Å². The van der Waals surface area contributed by atoms with Crippen molar-refractivity contribution >= 4 is 28.3 Å². The topological polar surface area (TPSA) is 65.0 Å². The van der Waals surface area contributed by atoms with Gasteiger partial charge in [-0.25, -0.2) is 0 Å². The quantitative estimate of drug-likeness (QED) is 0.532. The highest BCUT2D eigenvalue weighted by Gasteiger charge is 2.24. The molecule has 0 bridgehead atoms. The lowest BCUT2D eigenvalue weighted by Gasteiger charge is -2.17. The van der Waals surface area contributed by atoms with E-state index in [0.29, 0.717) is 15.8 Å². The molecule has 0 saturated carbocycles. The summed E-state index contributed by atoms with van der Waals surface area (Å²) >= 11 is 6.03. The van der Waals surface area contributed by atoms with Crippen LogP contribution in [0.4, 0.5) is 0 Å². The number of phenols is 1. The van der Waals surface area contributed by atoms with E-state index in [-0.39, 0.29) is 29.4 Å². The van der Waals surface area contributed by atoms with Gasteiger partial charge >= 0.3 is 5.97 Å². The Morgan fingerprint density at radius 1 is 0.962 bits per heavy atom. The second-order valence-corrected chi connectivity index (χ2v) is 6.01. The fourth-order valence-corrected chi connectivity index (χ4v) is 2.93. The lowest BCUT2D eigenvalue weighted by Crippen LogP contribution is -2.12. The van der Waals surface area contributed by atoms with Crippen molar-refractivity contribution in [3.8, 4) is 23.0 Å². The van der Waals surface area contributed by atoms with E-state index in [9.17, 15) is 9.90 Å². The van der Waals surface area contributed by atoms with Crippen LogP contribution in [0.25, 0.3) is 10.8 Å². The minimum atomic E-state index is -0.460. The number of benzene rings is 3. The molecule has 0 aliphatic rings. The van der Waals surface area contributed by atoms with Crippen LogP contribution in [0.1, 0.15) is 5.56 Å². The minimum Gasteiger partial charge on any atom is -0.504 e. The van der Waals surface area contributed by atoms with Gasteiger partial charge in [-0.05, 0) is 23.8 Å². The molecule has 0 amide bonds. The van der Waals surface area contributed by atoms with Gasteiger partial charge in [0, 0.05) is 15.8 Å². The van der Waals surface area contributed by atoms with Gasteiger partial charge in [0.05, 0.1) is 20.6 Å². The Bertz CT molecular complexity index is 954. The third-order valence-corrected chi connectivity index (χ3v) is 4.16. The first kappa shape index (κ1) is 17.9. The maximum absolute atomic E-state index is 12.4. The molecule has 0 radical (unpaired) electrons. The molecule has 0 heterocycles. The SMILES string of the molecule is COc1c(OC)c(OC(=O)Cc2ccccc2)c2ccc(Cl)cc2c1O. The van der Waals surface area contributed by atoms with Crippen molar-refractivity contribution in [1.29, 1.82) is 0 Å². The summed E-state index contributed by atoms with van der Waals surface area (Å²) in [4.78, 5) is 12.4. The molecule has 26 heavy (non-hydrogen) atoms. The van der Waals surface area contributed by atoms with Gasteiger partial charge in [-0.2, -0.15) is 0 Å². The van der Waals surface area contributed by atoms with Crippen LogP contribution in [-0.2, 0) is 11.2 Å². The van der Waals surface area contributed by atoms with Crippen LogP contribution in [-0.4, -0.2) is 25.3 Å². The number of ether oxygens (including phenoxy) is 3. The minimum absolute atomic E-state index is 0.0739. The van der Waals surface area contributed by atoms with Gasteiger partial charge in [-0.1, -0.05) is 41.9 Å². The molecule has 0 aliphatic carbocycles. The molecule has 0 atom stereocenters. The van der Waals surface area contributed by atoms with E-state index >= 15 is 0 Å². The van der Waals surface area contributed by atoms with Crippen LogP contribution in [0.5, 0.6) is 23.0 Å². The van der Waals surface area contributed by atoms with Crippen LogP contribution in [0, 0.1) is 0 Å². The number of methoxy groups -OCH3 is 2. The summed E-state index contributed by atoms with van der Waals surface area (Å²) in [6.45, 7) is 0. The summed E-state index contributed by atoms with van der Waals surface area (Å²) in [5.74, 6) is -0.205. The fraction of sp³-hybridized carbons (Fsp3) is 0.150. The number of hydrogen-bond donors (Lipinski definition) is 1. The molecule has 0 aromatic heterocycles. The summed E-state index contributed by atoms with van der Waals surface area (Å²) in [6.07, 6.45) is 0.0995. The summed E-state index contributed by atoms with van der Waals surface area (Å²) in [5.41, 5.74) is 0.828. The fourth-order valence-electron chi connectivity index (χ4n) is 2.75. The summed E-state index contributed by atoms with van der Waals surface area (Å²) in [7, 11) is 2.80. The highest BCUT2D eigenvalue weighted by Crippen LogP contribution is 2.50. The number of fused-ring (bicyclic) bond motifs is 1. The maximum atomic E-state index is 12.4.